The number of ether oxygens (including phenoxy) is 2. The molecule has 2 aromatic rings. The lowest BCUT2D eigenvalue weighted by molar-refractivity contribution is -0.125. The third-order valence-corrected chi connectivity index (χ3v) is 6.18. The van der Waals surface area contributed by atoms with Crippen LogP contribution < -0.4 is 4.74 Å². The van der Waals surface area contributed by atoms with Crippen LogP contribution >= 0.6 is 0 Å². The minimum absolute atomic E-state index is 0.00703. The Balaban J connectivity index is 1.26. The lowest BCUT2D eigenvalue weighted by Crippen LogP contribution is -2.51. The SMILES string of the molecule is Cn1ccnc1C(=O)N1CCC2(CC1)CC(CCOc1ccc(F)cc1)CCO2. The van der Waals surface area contributed by atoms with E-state index < -0.39 is 0 Å². The third-order valence-electron chi connectivity index (χ3n) is 6.18. The topological polar surface area (TPSA) is 56.6 Å². The first-order valence-corrected chi connectivity index (χ1v) is 10.3. The minimum atomic E-state index is -0.253. The second kappa shape index (κ2) is 8.53. The zero-order valence-corrected chi connectivity index (χ0v) is 16.8. The maximum Gasteiger partial charge on any atom is 0.289 e. The van der Waals surface area contributed by atoms with E-state index in [2.05, 4.69) is 4.98 Å². The van der Waals surface area contributed by atoms with Crippen LogP contribution in [0, 0.1) is 11.7 Å². The summed E-state index contributed by atoms with van der Waals surface area (Å²) in [6, 6.07) is 6.15. The average molecular weight is 401 g/mol. The molecule has 0 bridgehead atoms. The summed E-state index contributed by atoms with van der Waals surface area (Å²) in [7, 11) is 1.84. The Bertz CT molecular complexity index is 828. The quantitative estimate of drug-likeness (QED) is 0.770. The van der Waals surface area contributed by atoms with Crippen molar-refractivity contribution in [2.24, 2.45) is 13.0 Å². The molecule has 1 unspecified atom stereocenters. The fraction of sp³-hybridized carbons (Fsp3) is 0.545. The number of benzene rings is 1. The first-order valence-electron chi connectivity index (χ1n) is 10.3. The Kier molecular flexibility index (Phi) is 5.85. The van der Waals surface area contributed by atoms with Gasteiger partial charge in [0.1, 0.15) is 11.6 Å². The summed E-state index contributed by atoms with van der Waals surface area (Å²) in [6.07, 6.45) is 8.16. The van der Waals surface area contributed by atoms with Crippen molar-refractivity contribution in [3.8, 4) is 5.75 Å². The van der Waals surface area contributed by atoms with Crippen LogP contribution in [0.5, 0.6) is 5.75 Å². The summed E-state index contributed by atoms with van der Waals surface area (Å²) in [5, 5.41) is 0. The number of carbonyl (C=O) groups excluding carboxylic acids is 1. The van der Waals surface area contributed by atoms with Crippen molar-refractivity contribution < 1.29 is 18.7 Å². The van der Waals surface area contributed by atoms with Crippen molar-refractivity contribution in [1.82, 2.24) is 14.5 Å². The minimum Gasteiger partial charge on any atom is -0.494 e. The van der Waals surface area contributed by atoms with E-state index in [1.165, 1.54) is 12.1 Å². The van der Waals surface area contributed by atoms with Gasteiger partial charge in [0, 0.05) is 39.1 Å². The van der Waals surface area contributed by atoms with Gasteiger partial charge >= 0.3 is 0 Å². The van der Waals surface area contributed by atoms with Crippen molar-refractivity contribution in [2.75, 3.05) is 26.3 Å². The number of amides is 1. The zero-order chi connectivity index (χ0) is 20.3. The van der Waals surface area contributed by atoms with Crippen LogP contribution in [0.15, 0.2) is 36.7 Å². The predicted molar refractivity (Wildman–Crippen MR) is 106 cm³/mol. The molecular weight excluding hydrogens is 373 g/mol. The molecule has 29 heavy (non-hydrogen) atoms. The number of likely N-dealkylation sites (tertiary alicyclic amines) is 1. The predicted octanol–water partition coefficient (Wildman–Crippen LogP) is 3.43. The molecule has 1 atom stereocenters. The lowest BCUT2D eigenvalue weighted by atomic mass is 9.78. The molecule has 1 amide bonds. The van der Waals surface area contributed by atoms with Gasteiger partial charge in [-0.15, -0.1) is 0 Å². The third kappa shape index (κ3) is 4.61. The van der Waals surface area contributed by atoms with Crippen molar-refractivity contribution in [3.05, 3.63) is 48.3 Å². The maximum absolute atomic E-state index is 13.0. The van der Waals surface area contributed by atoms with Crippen LogP contribution in [0.4, 0.5) is 4.39 Å². The molecule has 7 heteroatoms. The highest BCUT2D eigenvalue weighted by Crippen LogP contribution is 2.39. The summed E-state index contributed by atoms with van der Waals surface area (Å²) < 4.78 is 26.7. The molecule has 6 nitrogen and oxygen atoms in total. The van der Waals surface area contributed by atoms with E-state index in [0.717, 1.165) is 38.7 Å². The van der Waals surface area contributed by atoms with E-state index in [-0.39, 0.29) is 17.3 Å². The number of nitrogens with zero attached hydrogens (tertiary/aromatic N) is 3. The Morgan fingerprint density at radius 1 is 1.31 bits per heavy atom. The Morgan fingerprint density at radius 3 is 2.76 bits per heavy atom. The molecule has 156 valence electrons. The molecule has 0 saturated carbocycles. The number of aromatic nitrogens is 2. The van der Waals surface area contributed by atoms with Crippen LogP contribution in [0.3, 0.4) is 0 Å². The first kappa shape index (κ1) is 19.9. The van der Waals surface area contributed by atoms with Crippen molar-refractivity contribution in [3.63, 3.8) is 0 Å². The second-order valence-corrected chi connectivity index (χ2v) is 8.14. The Labute approximate surface area is 170 Å². The first-order chi connectivity index (χ1) is 14.0. The van der Waals surface area contributed by atoms with Crippen LogP contribution in [0.25, 0.3) is 0 Å². The van der Waals surface area contributed by atoms with Crippen LogP contribution in [-0.4, -0.2) is 52.3 Å². The van der Waals surface area contributed by atoms with E-state index in [1.54, 1.807) is 29.1 Å². The van der Waals surface area contributed by atoms with Gasteiger partial charge in [-0.3, -0.25) is 4.79 Å². The van der Waals surface area contributed by atoms with Gasteiger partial charge in [-0.05, 0) is 62.3 Å². The standard InChI is InChI=1S/C22H28FN3O3/c1-25-13-10-24-20(25)21(27)26-11-8-22(9-12-26)16-17(7-15-29-22)6-14-28-19-4-2-18(23)3-5-19/h2-5,10,13,17H,6-9,11-12,14-16H2,1H3. The second-order valence-electron chi connectivity index (χ2n) is 8.14. The molecule has 2 aliphatic rings. The Morgan fingerprint density at radius 2 is 2.07 bits per heavy atom. The zero-order valence-electron chi connectivity index (χ0n) is 16.8. The number of hydrogen-bond donors (Lipinski definition) is 0. The van der Waals surface area contributed by atoms with Crippen LogP contribution in [0.2, 0.25) is 0 Å². The molecule has 1 spiro atoms. The number of rotatable bonds is 5. The largest absolute Gasteiger partial charge is 0.494 e. The van der Waals surface area contributed by atoms with E-state index in [0.29, 0.717) is 37.2 Å². The lowest BCUT2D eigenvalue weighted by Gasteiger charge is -2.46. The number of aryl methyl sites for hydroxylation is 1. The van der Waals surface area contributed by atoms with Crippen molar-refractivity contribution >= 4 is 5.91 Å². The van der Waals surface area contributed by atoms with Gasteiger partial charge in [0.05, 0.1) is 12.2 Å². The van der Waals surface area contributed by atoms with Crippen molar-refractivity contribution in [1.29, 1.82) is 0 Å². The van der Waals surface area contributed by atoms with Gasteiger partial charge in [-0.2, -0.15) is 0 Å². The summed E-state index contributed by atoms with van der Waals surface area (Å²) in [5.41, 5.74) is -0.128. The number of hydrogen-bond acceptors (Lipinski definition) is 4. The molecule has 1 aromatic carbocycles. The smallest absolute Gasteiger partial charge is 0.289 e. The number of carbonyl (C=O) groups is 1. The Hall–Kier alpha value is -2.41. The van der Waals surface area contributed by atoms with Crippen LogP contribution in [-0.2, 0) is 11.8 Å². The summed E-state index contributed by atoms with van der Waals surface area (Å²) in [5.74, 6) is 1.47. The summed E-state index contributed by atoms with van der Waals surface area (Å²) in [6.45, 7) is 2.78. The van der Waals surface area contributed by atoms with Crippen LogP contribution in [0.1, 0.15) is 42.7 Å². The van der Waals surface area contributed by atoms with Crippen molar-refractivity contribution in [2.45, 2.75) is 37.7 Å². The molecule has 3 heterocycles. The van der Waals surface area contributed by atoms with Gasteiger partial charge in [0.15, 0.2) is 5.82 Å². The normalized spacial score (nSPS) is 21.3. The highest BCUT2D eigenvalue weighted by atomic mass is 19.1. The summed E-state index contributed by atoms with van der Waals surface area (Å²) >= 11 is 0. The molecule has 2 fully saturated rings. The highest BCUT2D eigenvalue weighted by molar-refractivity contribution is 5.90. The van der Waals surface area contributed by atoms with E-state index in [1.807, 2.05) is 11.9 Å². The molecule has 1 aromatic heterocycles. The molecule has 2 saturated heterocycles. The molecule has 4 rings (SSSR count). The molecule has 0 radical (unpaired) electrons. The van der Waals surface area contributed by atoms with E-state index >= 15 is 0 Å². The van der Waals surface area contributed by atoms with Gasteiger partial charge in [0.2, 0.25) is 0 Å². The van der Waals surface area contributed by atoms with E-state index in [4.69, 9.17) is 9.47 Å². The number of halogens is 1. The fourth-order valence-corrected chi connectivity index (χ4v) is 4.43. The van der Waals surface area contributed by atoms with Gasteiger partial charge < -0.3 is 18.9 Å². The number of piperidine rings is 1. The molecular formula is C22H28FN3O3. The van der Waals surface area contributed by atoms with Gasteiger partial charge in [-0.1, -0.05) is 0 Å². The summed E-state index contributed by atoms with van der Waals surface area (Å²) in [4.78, 5) is 18.7. The number of imidazole rings is 1. The molecule has 2 aliphatic heterocycles. The van der Waals surface area contributed by atoms with Gasteiger partial charge in [-0.25, -0.2) is 9.37 Å². The molecule has 0 N–H and O–H groups in total. The average Bonchev–Trinajstić information content (AvgIpc) is 3.16. The monoisotopic (exact) mass is 401 g/mol. The fourth-order valence-electron chi connectivity index (χ4n) is 4.43. The highest BCUT2D eigenvalue weighted by Gasteiger charge is 2.41. The van der Waals surface area contributed by atoms with E-state index in [9.17, 15) is 9.18 Å². The maximum atomic E-state index is 13.0. The molecule has 0 aliphatic carbocycles. The van der Waals surface area contributed by atoms with Gasteiger partial charge in [0.25, 0.3) is 5.91 Å².